The van der Waals surface area contributed by atoms with Crippen molar-refractivity contribution in [3.63, 3.8) is 0 Å². The number of halogens is 1. The lowest BCUT2D eigenvalue weighted by Crippen LogP contribution is -2.41. The zero-order valence-electron chi connectivity index (χ0n) is 16.0. The molecule has 1 aliphatic heterocycles. The number of hydrogen-bond acceptors (Lipinski definition) is 3. The number of hydrogen-bond donors (Lipinski definition) is 1. The molecule has 7 heteroatoms. The van der Waals surface area contributed by atoms with Crippen molar-refractivity contribution in [3.8, 4) is 0 Å². The van der Waals surface area contributed by atoms with Crippen molar-refractivity contribution in [2.24, 2.45) is 0 Å². The van der Waals surface area contributed by atoms with Crippen LogP contribution in [0.15, 0.2) is 48.5 Å². The van der Waals surface area contributed by atoms with E-state index in [1.54, 1.807) is 53.2 Å². The molecule has 0 spiro atoms. The molecule has 2 aromatic rings. The molecule has 1 atom stereocenters. The first-order valence-electron chi connectivity index (χ1n) is 9.22. The van der Waals surface area contributed by atoms with Crippen molar-refractivity contribution in [2.75, 3.05) is 38.7 Å². The van der Waals surface area contributed by atoms with Gasteiger partial charge in [0.15, 0.2) is 0 Å². The van der Waals surface area contributed by atoms with Crippen molar-refractivity contribution in [1.82, 2.24) is 9.80 Å². The minimum absolute atomic E-state index is 0.104. The highest BCUT2D eigenvalue weighted by Gasteiger charge is 2.23. The molecule has 0 aliphatic carbocycles. The summed E-state index contributed by atoms with van der Waals surface area (Å²) in [4.78, 5) is 29.0. The van der Waals surface area contributed by atoms with Crippen molar-refractivity contribution in [2.45, 2.75) is 13.0 Å². The van der Waals surface area contributed by atoms with E-state index in [0.717, 1.165) is 5.56 Å². The highest BCUT2D eigenvalue weighted by molar-refractivity contribution is 6.30. The maximum atomic E-state index is 12.9. The number of nitrogens with one attached hydrogen (secondary N) is 1. The van der Waals surface area contributed by atoms with Crippen LogP contribution in [-0.2, 0) is 4.74 Å². The van der Waals surface area contributed by atoms with Gasteiger partial charge >= 0.3 is 6.03 Å². The van der Waals surface area contributed by atoms with Gasteiger partial charge in [-0.25, -0.2) is 4.79 Å². The molecule has 148 valence electrons. The maximum Gasteiger partial charge on any atom is 0.322 e. The summed E-state index contributed by atoms with van der Waals surface area (Å²) in [5, 5.41) is 3.53. The fourth-order valence-electron chi connectivity index (χ4n) is 3.06. The highest BCUT2D eigenvalue weighted by atomic mass is 35.5. The summed E-state index contributed by atoms with van der Waals surface area (Å²) in [5.74, 6) is -0.104. The summed E-state index contributed by atoms with van der Waals surface area (Å²) in [7, 11) is 1.72. The van der Waals surface area contributed by atoms with Crippen LogP contribution in [0.2, 0.25) is 5.02 Å². The summed E-state index contributed by atoms with van der Waals surface area (Å²) < 4.78 is 5.31. The monoisotopic (exact) mass is 401 g/mol. The molecule has 0 unspecified atom stereocenters. The van der Waals surface area contributed by atoms with Gasteiger partial charge in [0.25, 0.3) is 5.91 Å². The van der Waals surface area contributed by atoms with Crippen LogP contribution in [0.5, 0.6) is 0 Å². The Morgan fingerprint density at radius 3 is 2.43 bits per heavy atom. The van der Waals surface area contributed by atoms with Crippen molar-refractivity contribution in [3.05, 3.63) is 64.7 Å². The third kappa shape index (κ3) is 4.64. The summed E-state index contributed by atoms with van der Waals surface area (Å²) in [6, 6.07) is 14.0. The predicted octanol–water partition coefficient (Wildman–Crippen LogP) is 4.04. The number of carbonyl (C=O) groups excluding carboxylic acids is 2. The Balaban J connectivity index is 1.73. The summed E-state index contributed by atoms with van der Waals surface area (Å²) in [6.45, 7) is 4.10. The fraction of sp³-hybridized carbons (Fsp3) is 0.333. The van der Waals surface area contributed by atoms with Gasteiger partial charge in [-0.1, -0.05) is 35.9 Å². The molecule has 0 aromatic heterocycles. The maximum absolute atomic E-state index is 12.9. The second-order valence-corrected chi connectivity index (χ2v) is 7.16. The van der Waals surface area contributed by atoms with Crippen LogP contribution in [0.25, 0.3) is 0 Å². The molecule has 1 heterocycles. The number of nitrogens with zero attached hydrogens (tertiary/aromatic N) is 2. The van der Waals surface area contributed by atoms with E-state index in [2.05, 4.69) is 5.32 Å². The number of para-hydroxylation sites is 1. The first-order chi connectivity index (χ1) is 13.5. The van der Waals surface area contributed by atoms with Gasteiger partial charge in [0.2, 0.25) is 0 Å². The van der Waals surface area contributed by atoms with Crippen molar-refractivity contribution in [1.29, 1.82) is 0 Å². The van der Waals surface area contributed by atoms with E-state index in [4.69, 9.17) is 16.3 Å². The molecule has 0 radical (unpaired) electrons. The summed E-state index contributed by atoms with van der Waals surface area (Å²) in [5.41, 5.74) is 1.95. The van der Waals surface area contributed by atoms with Crippen LogP contribution in [0.1, 0.15) is 28.9 Å². The van der Waals surface area contributed by atoms with Gasteiger partial charge in [0.05, 0.1) is 30.5 Å². The average molecular weight is 402 g/mol. The second-order valence-electron chi connectivity index (χ2n) is 6.72. The molecule has 1 N–H and O–H groups in total. The van der Waals surface area contributed by atoms with Gasteiger partial charge in [0.1, 0.15) is 0 Å². The number of rotatable bonds is 4. The summed E-state index contributed by atoms with van der Waals surface area (Å²) in [6.07, 6.45) is 0. The number of urea groups is 1. The van der Waals surface area contributed by atoms with Crippen LogP contribution in [0, 0.1) is 0 Å². The lowest BCUT2D eigenvalue weighted by atomic mass is 10.1. The van der Waals surface area contributed by atoms with E-state index in [0.29, 0.717) is 42.6 Å². The zero-order chi connectivity index (χ0) is 20.1. The van der Waals surface area contributed by atoms with Gasteiger partial charge in [-0.3, -0.25) is 4.79 Å². The summed E-state index contributed by atoms with van der Waals surface area (Å²) >= 11 is 5.94. The van der Waals surface area contributed by atoms with Crippen LogP contribution < -0.4 is 5.32 Å². The predicted molar refractivity (Wildman–Crippen MR) is 110 cm³/mol. The SMILES string of the molecule is C[C@@H](c1ccc(Cl)cc1)N(C)C(=O)Nc1ccccc1C(=O)N1CCOCC1. The Morgan fingerprint density at radius 1 is 1.11 bits per heavy atom. The number of ether oxygens (including phenoxy) is 1. The van der Waals surface area contributed by atoms with E-state index < -0.39 is 0 Å². The lowest BCUT2D eigenvalue weighted by molar-refractivity contribution is 0.0303. The largest absolute Gasteiger partial charge is 0.378 e. The molecule has 1 fully saturated rings. The molecular formula is C21H24ClN3O3. The molecule has 3 rings (SSSR count). The molecule has 28 heavy (non-hydrogen) atoms. The number of morpholine rings is 1. The van der Waals surface area contributed by atoms with Crippen LogP contribution in [0.4, 0.5) is 10.5 Å². The topological polar surface area (TPSA) is 61.9 Å². The Bertz CT molecular complexity index is 835. The molecule has 1 saturated heterocycles. The van der Waals surface area contributed by atoms with Crippen LogP contribution in [-0.4, -0.2) is 55.1 Å². The lowest BCUT2D eigenvalue weighted by Gasteiger charge is -2.28. The van der Waals surface area contributed by atoms with E-state index in [1.807, 2.05) is 19.1 Å². The Morgan fingerprint density at radius 2 is 1.75 bits per heavy atom. The van der Waals surface area contributed by atoms with E-state index in [-0.39, 0.29) is 18.0 Å². The van der Waals surface area contributed by atoms with Crippen molar-refractivity contribution < 1.29 is 14.3 Å². The molecule has 3 amide bonds. The second kappa shape index (κ2) is 9.08. The smallest absolute Gasteiger partial charge is 0.322 e. The zero-order valence-corrected chi connectivity index (χ0v) is 16.8. The first kappa shape index (κ1) is 20.2. The number of carbonyl (C=O) groups is 2. The van der Waals surface area contributed by atoms with Crippen molar-refractivity contribution >= 4 is 29.2 Å². The minimum atomic E-state index is -0.287. The van der Waals surface area contributed by atoms with Crippen LogP contribution >= 0.6 is 11.6 Å². The number of benzene rings is 2. The third-order valence-electron chi connectivity index (χ3n) is 4.95. The molecular weight excluding hydrogens is 378 g/mol. The normalized spacial score (nSPS) is 15.0. The Labute approximate surface area is 170 Å². The molecule has 1 aliphatic rings. The number of amides is 3. The van der Waals surface area contributed by atoms with Gasteiger partial charge in [-0.2, -0.15) is 0 Å². The highest BCUT2D eigenvalue weighted by Crippen LogP contribution is 2.23. The molecule has 0 saturated carbocycles. The fourth-order valence-corrected chi connectivity index (χ4v) is 3.19. The Kier molecular flexibility index (Phi) is 6.54. The molecule has 6 nitrogen and oxygen atoms in total. The van der Waals surface area contributed by atoms with Crippen LogP contribution in [0.3, 0.4) is 0 Å². The average Bonchev–Trinajstić information content (AvgIpc) is 2.73. The third-order valence-corrected chi connectivity index (χ3v) is 5.20. The van der Waals surface area contributed by atoms with E-state index in [1.165, 1.54) is 0 Å². The number of anilines is 1. The first-order valence-corrected chi connectivity index (χ1v) is 9.60. The Hall–Kier alpha value is -2.57. The van der Waals surface area contributed by atoms with E-state index >= 15 is 0 Å². The quantitative estimate of drug-likeness (QED) is 0.841. The van der Waals surface area contributed by atoms with Gasteiger partial charge < -0.3 is 19.9 Å². The van der Waals surface area contributed by atoms with Gasteiger partial charge in [0, 0.05) is 25.2 Å². The van der Waals surface area contributed by atoms with Gasteiger partial charge in [-0.15, -0.1) is 0 Å². The van der Waals surface area contributed by atoms with E-state index in [9.17, 15) is 9.59 Å². The standard InChI is InChI=1S/C21H24ClN3O3/c1-15(16-7-9-17(22)10-8-16)24(2)21(27)23-19-6-4-3-5-18(19)20(26)25-11-13-28-14-12-25/h3-10,15H,11-14H2,1-2H3,(H,23,27)/t15-/m0/s1. The van der Waals surface area contributed by atoms with Gasteiger partial charge in [-0.05, 0) is 36.8 Å². The molecule has 0 bridgehead atoms. The minimum Gasteiger partial charge on any atom is -0.378 e. The molecule has 2 aromatic carbocycles.